The topological polar surface area (TPSA) is 44.8 Å². The van der Waals surface area contributed by atoms with Crippen molar-refractivity contribution < 1.29 is 19.0 Å². The monoisotopic (exact) mass is 304 g/mol. The quantitative estimate of drug-likeness (QED) is 0.844. The van der Waals surface area contributed by atoms with Gasteiger partial charge in [-0.25, -0.2) is 0 Å². The van der Waals surface area contributed by atoms with Crippen molar-refractivity contribution in [1.82, 2.24) is 0 Å². The highest BCUT2D eigenvalue weighted by Gasteiger charge is 2.24. The molecule has 0 saturated heterocycles. The zero-order valence-corrected chi connectivity index (χ0v) is 12.4. The van der Waals surface area contributed by atoms with Gasteiger partial charge in [-0.2, -0.15) is 0 Å². The van der Waals surface area contributed by atoms with Gasteiger partial charge in [-0.15, -0.1) is 0 Å². The molecule has 0 bridgehead atoms. The SMILES string of the molecule is COc1cc2c(cc1OC)C(=O)Cc1cc(Cl)ccc1O2. The van der Waals surface area contributed by atoms with E-state index in [-0.39, 0.29) is 12.2 Å². The third kappa shape index (κ3) is 2.43. The first-order valence-electron chi connectivity index (χ1n) is 6.38. The van der Waals surface area contributed by atoms with Crippen molar-refractivity contribution in [3.63, 3.8) is 0 Å². The summed E-state index contributed by atoms with van der Waals surface area (Å²) in [7, 11) is 3.07. The van der Waals surface area contributed by atoms with Crippen molar-refractivity contribution in [2.45, 2.75) is 6.42 Å². The number of methoxy groups -OCH3 is 2. The molecule has 3 rings (SSSR count). The third-order valence-corrected chi connectivity index (χ3v) is 3.61. The van der Waals surface area contributed by atoms with Crippen molar-refractivity contribution in [3.05, 3.63) is 46.5 Å². The Labute approximate surface area is 127 Å². The maximum absolute atomic E-state index is 12.4. The minimum Gasteiger partial charge on any atom is -0.493 e. The normalized spacial score (nSPS) is 12.8. The Bertz CT molecular complexity index is 724. The third-order valence-electron chi connectivity index (χ3n) is 3.38. The Hall–Kier alpha value is -2.20. The molecule has 4 nitrogen and oxygen atoms in total. The highest BCUT2D eigenvalue weighted by Crippen LogP contribution is 2.40. The number of carbonyl (C=O) groups is 1. The lowest BCUT2D eigenvalue weighted by Crippen LogP contribution is -2.03. The average Bonchev–Trinajstić information content (AvgIpc) is 2.61. The Morgan fingerprint density at radius 2 is 1.76 bits per heavy atom. The van der Waals surface area contributed by atoms with Crippen molar-refractivity contribution in [2.75, 3.05) is 14.2 Å². The van der Waals surface area contributed by atoms with Gasteiger partial charge < -0.3 is 14.2 Å². The zero-order chi connectivity index (χ0) is 15.0. The molecule has 21 heavy (non-hydrogen) atoms. The van der Waals surface area contributed by atoms with Gasteiger partial charge in [0.15, 0.2) is 17.3 Å². The molecule has 0 saturated carbocycles. The first-order valence-corrected chi connectivity index (χ1v) is 6.75. The predicted octanol–water partition coefficient (Wildman–Crippen LogP) is 3.89. The molecule has 0 spiro atoms. The number of hydrogen-bond donors (Lipinski definition) is 0. The second kappa shape index (κ2) is 5.30. The molecule has 2 aromatic rings. The van der Waals surface area contributed by atoms with Gasteiger partial charge in [-0.05, 0) is 24.3 Å². The molecule has 1 aliphatic rings. The molecule has 2 aromatic carbocycles. The standard InChI is InChI=1S/C16H13ClO4/c1-19-15-7-11-12(18)6-9-5-10(17)3-4-13(9)21-14(11)8-16(15)20-2/h3-5,7-8H,6H2,1-2H3. The van der Waals surface area contributed by atoms with Crippen LogP contribution in [0.25, 0.3) is 0 Å². The van der Waals surface area contributed by atoms with Crippen LogP contribution in [0, 0.1) is 0 Å². The Kier molecular flexibility index (Phi) is 3.47. The highest BCUT2D eigenvalue weighted by molar-refractivity contribution is 6.30. The number of carbonyl (C=O) groups excluding carboxylic acids is 1. The van der Waals surface area contributed by atoms with Crippen LogP contribution in [0.2, 0.25) is 5.02 Å². The molecule has 1 heterocycles. The number of ether oxygens (including phenoxy) is 3. The molecule has 0 aliphatic carbocycles. The van der Waals surface area contributed by atoms with Gasteiger partial charge in [0.2, 0.25) is 0 Å². The predicted molar refractivity (Wildman–Crippen MR) is 79.1 cm³/mol. The summed E-state index contributed by atoms with van der Waals surface area (Å²) >= 11 is 5.98. The van der Waals surface area contributed by atoms with Crippen LogP contribution < -0.4 is 14.2 Å². The fraction of sp³-hybridized carbons (Fsp3) is 0.188. The van der Waals surface area contributed by atoms with Crippen LogP contribution in [-0.4, -0.2) is 20.0 Å². The van der Waals surface area contributed by atoms with Gasteiger partial charge in [-0.3, -0.25) is 4.79 Å². The maximum atomic E-state index is 12.4. The molecule has 108 valence electrons. The first kappa shape index (κ1) is 13.8. The van der Waals surface area contributed by atoms with Gasteiger partial charge in [0.05, 0.1) is 19.8 Å². The Morgan fingerprint density at radius 1 is 1.05 bits per heavy atom. The second-order valence-electron chi connectivity index (χ2n) is 4.66. The second-order valence-corrected chi connectivity index (χ2v) is 5.09. The summed E-state index contributed by atoms with van der Waals surface area (Å²) in [6, 6.07) is 8.54. The lowest BCUT2D eigenvalue weighted by Gasteiger charge is -2.12. The van der Waals surface area contributed by atoms with E-state index >= 15 is 0 Å². The molecule has 0 radical (unpaired) electrons. The van der Waals surface area contributed by atoms with Gasteiger partial charge in [0.1, 0.15) is 11.5 Å². The van der Waals surface area contributed by atoms with Crippen LogP contribution in [0.3, 0.4) is 0 Å². The molecule has 0 fully saturated rings. The average molecular weight is 305 g/mol. The van der Waals surface area contributed by atoms with Crippen LogP contribution >= 0.6 is 11.6 Å². The Morgan fingerprint density at radius 3 is 2.48 bits per heavy atom. The van der Waals surface area contributed by atoms with Crippen LogP contribution in [-0.2, 0) is 6.42 Å². The number of fused-ring (bicyclic) bond motifs is 2. The molecule has 0 aromatic heterocycles. The lowest BCUT2D eigenvalue weighted by molar-refractivity contribution is 0.0993. The minimum absolute atomic E-state index is 0.0491. The molecule has 0 N–H and O–H groups in total. The van der Waals surface area contributed by atoms with Crippen molar-refractivity contribution >= 4 is 17.4 Å². The van der Waals surface area contributed by atoms with E-state index in [9.17, 15) is 4.79 Å². The Balaban J connectivity index is 2.15. The molecule has 1 aliphatic heterocycles. The van der Waals surface area contributed by atoms with E-state index in [4.69, 9.17) is 25.8 Å². The molecular weight excluding hydrogens is 292 g/mol. The summed E-state index contributed by atoms with van der Waals surface area (Å²) in [5.74, 6) is 2.04. The van der Waals surface area contributed by atoms with Crippen LogP contribution in [0.1, 0.15) is 15.9 Å². The fourth-order valence-corrected chi connectivity index (χ4v) is 2.53. The van der Waals surface area contributed by atoms with Gasteiger partial charge in [-0.1, -0.05) is 11.6 Å². The van der Waals surface area contributed by atoms with Gasteiger partial charge in [0, 0.05) is 23.1 Å². The largest absolute Gasteiger partial charge is 0.493 e. The summed E-state index contributed by atoms with van der Waals surface area (Å²) < 4.78 is 16.3. The van der Waals surface area contributed by atoms with E-state index in [0.29, 0.717) is 33.6 Å². The fourth-order valence-electron chi connectivity index (χ4n) is 2.34. The van der Waals surface area contributed by atoms with E-state index < -0.39 is 0 Å². The number of hydrogen-bond acceptors (Lipinski definition) is 4. The maximum Gasteiger partial charge on any atom is 0.171 e. The van der Waals surface area contributed by atoms with Crippen LogP contribution in [0.15, 0.2) is 30.3 Å². The number of halogens is 1. The smallest absolute Gasteiger partial charge is 0.171 e. The molecule has 0 amide bonds. The number of Topliss-reactive ketones (excluding diaryl/α,β-unsaturated/α-hetero) is 1. The van der Waals surface area contributed by atoms with Crippen molar-refractivity contribution in [2.24, 2.45) is 0 Å². The highest BCUT2D eigenvalue weighted by atomic mass is 35.5. The van der Waals surface area contributed by atoms with E-state index in [1.807, 2.05) is 0 Å². The molecule has 5 heteroatoms. The van der Waals surface area contributed by atoms with Gasteiger partial charge in [0.25, 0.3) is 0 Å². The zero-order valence-electron chi connectivity index (χ0n) is 11.6. The number of rotatable bonds is 2. The lowest BCUT2D eigenvalue weighted by atomic mass is 10.0. The number of ketones is 1. The summed E-state index contributed by atoms with van der Waals surface area (Å²) in [5, 5.41) is 0.575. The van der Waals surface area contributed by atoms with Gasteiger partial charge >= 0.3 is 0 Å². The summed E-state index contributed by atoms with van der Waals surface area (Å²) in [6.07, 6.45) is 0.235. The van der Waals surface area contributed by atoms with E-state index in [2.05, 4.69) is 0 Å². The van der Waals surface area contributed by atoms with E-state index in [1.54, 1.807) is 30.3 Å². The first-order chi connectivity index (χ1) is 10.1. The molecular formula is C16H13ClO4. The van der Waals surface area contributed by atoms with E-state index in [0.717, 1.165) is 5.56 Å². The molecule has 0 unspecified atom stereocenters. The van der Waals surface area contributed by atoms with Crippen molar-refractivity contribution in [1.29, 1.82) is 0 Å². The summed E-state index contributed by atoms with van der Waals surface area (Å²) in [6.45, 7) is 0. The van der Waals surface area contributed by atoms with Crippen LogP contribution in [0.4, 0.5) is 0 Å². The molecule has 0 atom stereocenters. The summed E-state index contributed by atoms with van der Waals surface area (Å²) in [4.78, 5) is 12.4. The van der Waals surface area contributed by atoms with Crippen LogP contribution in [0.5, 0.6) is 23.0 Å². The minimum atomic E-state index is -0.0491. The number of benzene rings is 2. The van der Waals surface area contributed by atoms with E-state index in [1.165, 1.54) is 14.2 Å². The van der Waals surface area contributed by atoms with Crippen molar-refractivity contribution in [3.8, 4) is 23.0 Å². The summed E-state index contributed by atoms with van der Waals surface area (Å²) in [5.41, 5.74) is 1.24.